The lowest BCUT2D eigenvalue weighted by molar-refractivity contribution is -0.204. The Labute approximate surface area is 169 Å². The summed E-state index contributed by atoms with van der Waals surface area (Å²) in [7, 11) is -5.50. The minimum absolute atomic E-state index is 0.807. The summed E-state index contributed by atoms with van der Waals surface area (Å²) >= 11 is 0. The number of hydrogen-bond donors (Lipinski definition) is 10. The first-order valence-corrected chi connectivity index (χ1v) is 10.1. The van der Waals surface area contributed by atoms with E-state index < -0.39 is 87.6 Å². The number of aliphatic hydroxyl groups is 7. The van der Waals surface area contributed by atoms with E-state index in [2.05, 4.69) is 9.84 Å². The molecule has 1 saturated heterocycles. The van der Waals surface area contributed by atoms with Gasteiger partial charge in [-0.15, -0.1) is 0 Å². The fourth-order valence-electron chi connectivity index (χ4n) is 2.86. The molecular formula is C14H26NO14P. The number of ketones is 1. The van der Waals surface area contributed by atoms with Crippen LogP contribution in [0.2, 0.25) is 0 Å². The molecule has 0 bridgehead atoms. The Morgan fingerprint density at radius 2 is 1.67 bits per heavy atom. The van der Waals surface area contributed by atoms with Gasteiger partial charge >= 0.3 is 7.82 Å². The second kappa shape index (κ2) is 11.0. The van der Waals surface area contributed by atoms with Crippen LogP contribution >= 0.6 is 7.82 Å². The van der Waals surface area contributed by atoms with Gasteiger partial charge in [-0.25, -0.2) is 4.57 Å². The summed E-state index contributed by atoms with van der Waals surface area (Å²) in [4.78, 5) is 42.4. The number of Topliss-reactive ketones (excluding diaryl/α,β-unsaturated/α-hetero) is 1. The van der Waals surface area contributed by atoms with Crippen molar-refractivity contribution < 1.29 is 68.9 Å². The number of ether oxygens (including phenoxy) is 1. The number of carbonyl (C=O) groups excluding carboxylic acids is 2. The number of amides is 1. The molecule has 1 rings (SSSR count). The Hall–Kier alpha value is -1.07. The zero-order valence-electron chi connectivity index (χ0n) is 15.6. The van der Waals surface area contributed by atoms with Crippen LogP contribution in [0.25, 0.3) is 0 Å². The van der Waals surface area contributed by atoms with E-state index in [9.17, 15) is 44.8 Å². The summed E-state index contributed by atoms with van der Waals surface area (Å²) in [5, 5.41) is 69.8. The van der Waals surface area contributed by atoms with E-state index >= 15 is 0 Å². The molecule has 0 saturated carbocycles. The number of carbonyl (C=O) groups is 2. The highest BCUT2D eigenvalue weighted by Crippen LogP contribution is 2.40. The lowest BCUT2D eigenvalue weighted by Crippen LogP contribution is -2.67. The zero-order valence-corrected chi connectivity index (χ0v) is 16.5. The van der Waals surface area contributed by atoms with Crippen LogP contribution in [0.5, 0.6) is 0 Å². The third kappa shape index (κ3) is 6.71. The van der Waals surface area contributed by atoms with E-state index in [4.69, 9.17) is 19.6 Å². The molecule has 15 nitrogen and oxygen atoms in total. The van der Waals surface area contributed by atoms with Gasteiger partial charge in [-0.05, 0) is 0 Å². The minimum Gasteiger partial charge on any atom is -0.394 e. The molecule has 0 spiro atoms. The summed E-state index contributed by atoms with van der Waals surface area (Å²) in [5.74, 6) is -2.32. The van der Waals surface area contributed by atoms with E-state index in [1.165, 1.54) is 0 Å². The van der Waals surface area contributed by atoms with Crippen LogP contribution in [0.4, 0.5) is 0 Å². The summed E-state index contributed by atoms with van der Waals surface area (Å²) < 4.78 is 20.6. The molecule has 10 N–H and O–H groups in total. The van der Waals surface area contributed by atoms with Gasteiger partial charge in [0.05, 0.1) is 19.3 Å². The van der Waals surface area contributed by atoms with E-state index in [1.54, 1.807) is 0 Å². The van der Waals surface area contributed by atoms with Crippen molar-refractivity contribution >= 4 is 19.5 Å². The molecule has 0 aromatic rings. The number of rotatable bonds is 10. The van der Waals surface area contributed by atoms with Gasteiger partial charge in [0, 0.05) is 6.92 Å². The highest BCUT2D eigenvalue weighted by Gasteiger charge is 2.52. The average Bonchev–Trinajstić information content (AvgIpc) is 2.66. The van der Waals surface area contributed by atoms with Gasteiger partial charge in [-0.2, -0.15) is 0 Å². The Kier molecular flexibility index (Phi) is 9.88. The summed E-state index contributed by atoms with van der Waals surface area (Å²) in [5.41, 5.74) is 0. The second-order valence-electron chi connectivity index (χ2n) is 6.64. The number of phosphoric ester groups is 1. The topological polar surface area (TPSA) is 264 Å². The fraction of sp³-hybridized carbons (Fsp3) is 0.857. The summed E-state index contributed by atoms with van der Waals surface area (Å²) in [6.07, 6.45) is -16.7. The largest absolute Gasteiger partial charge is 0.470 e. The predicted octanol–water partition coefficient (Wildman–Crippen LogP) is -5.91. The molecule has 0 aromatic heterocycles. The smallest absolute Gasteiger partial charge is 0.394 e. The molecule has 9 atom stereocenters. The Morgan fingerprint density at radius 1 is 1.10 bits per heavy atom. The van der Waals surface area contributed by atoms with Crippen LogP contribution in [-0.2, 0) is 23.4 Å². The Morgan fingerprint density at radius 3 is 2.10 bits per heavy atom. The summed E-state index contributed by atoms with van der Waals surface area (Å²) in [6.45, 7) is -1.02. The first-order valence-electron chi connectivity index (χ1n) is 8.57. The SMILES string of the molecule is CC(=O)N[C@H]1C(C(=O)[C@@H](OP(=O)(O)O)[C@@H](O)[C@H](O)[C@H](O)CO)O[C@H](CO)[C@@H](O)[C@@H]1O. The highest BCUT2D eigenvalue weighted by molar-refractivity contribution is 7.46. The van der Waals surface area contributed by atoms with E-state index in [0.717, 1.165) is 6.92 Å². The predicted molar refractivity (Wildman–Crippen MR) is 92.4 cm³/mol. The number of nitrogens with one attached hydrogen (secondary N) is 1. The minimum atomic E-state index is -5.50. The molecule has 0 aromatic carbocycles. The van der Waals surface area contributed by atoms with Crippen LogP contribution in [0.1, 0.15) is 6.92 Å². The molecule has 16 heteroatoms. The van der Waals surface area contributed by atoms with Crippen LogP contribution in [0.15, 0.2) is 0 Å². The van der Waals surface area contributed by atoms with Gasteiger partial charge in [-0.3, -0.25) is 14.1 Å². The molecular weight excluding hydrogens is 437 g/mol. The highest BCUT2D eigenvalue weighted by atomic mass is 31.2. The van der Waals surface area contributed by atoms with Crippen molar-refractivity contribution in [1.29, 1.82) is 0 Å². The molecule has 1 amide bonds. The fourth-order valence-corrected chi connectivity index (χ4v) is 3.39. The van der Waals surface area contributed by atoms with Crippen molar-refractivity contribution in [2.24, 2.45) is 0 Å². The van der Waals surface area contributed by atoms with Crippen molar-refractivity contribution in [3.63, 3.8) is 0 Å². The molecule has 1 aliphatic rings. The number of aliphatic hydroxyl groups excluding tert-OH is 7. The quantitative estimate of drug-likeness (QED) is 0.135. The van der Waals surface area contributed by atoms with Crippen LogP contribution < -0.4 is 5.32 Å². The molecule has 0 radical (unpaired) electrons. The third-order valence-electron chi connectivity index (χ3n) is 4.35. The van der Waals surface area contributed by atoms with Gasteiger partial charge < -0.3 is 55.6 Å². The van der Waals surface area contributed by atoms with Crippen molar-refractivity contribution in [2.75, 3.05) is 13.2 Å². The summed E-state index contributed by atoms with van der Waals surface area (Å²) in [6, 6.07) is -1.71. The first-order chi connectivity index (χ1) is 13.7. The van der Waals surface area contributed by atoms with Crippen molar-refractivity contribution in [2.45, 2.75) is 61.8 Å². The Balaban J connectivity index is 3.33. The molecule has 1 heterocycles. The first kappa shape index (κ1) is 27.0. The van der Waals surface area contributed by atoms with Crippen LogP contribution in [0.3, 0.4) is 0 Å². The van der Waals surface area contributed by atoms with Gasteiger partial charge in [-0.1, -0.05) is 0 Å². The van der Waals surface area contributed by atoms with Crippen molar-refractivity contribution in [3.8, 4) is 0 Å². The maximum Gasteiger partial charge on any atom is 0.470 e. The van der Waals surface area contributed by atoms with Gasteiger partial charge in [0.25, 0.3) is 0 Å². The van der Waals surface area contributed by atoms with Crippen LogP contribution in [0, 0.1) is 0 Å². The molecule has 0 aliphatic carbocycles. The monoisotopic (exact) mass is 463 g/mol. The van der Waals surface area contributed by atoms with Crippen molar-refractivity contribution in [1.82, 2.24) is 5.32 Å². The van der Waals surface area contributed by atoms with Crippen molar-refractivity contribution in [3.05, 3.63) is 0 Å². The normalized spacial score (nSPS) is 31.5. The van der Waals surface area contributed by atoms with Crippen LogP contribution in [-0.4, -0.2) is 125 Å². The average molecular weight is 463 g/mol. The number of phosphoric acid groups is 1. The standard InChI is InChI=1S/C14H26NO14P/c1-4(18)15-7-10(22)9(21)6(3-17)28-13(7)12(24)14(29-30(25,26)27)11(23)8(20)5(19)2-16/h5-11,13-14,16-17,19-23H,2-3H2,1H3,(H,15,18)(H2,25,26,27)/t5-,6-,7-,8-,9-,10-,11+,13?,14+/m1/s1. The van der Waals surface area contributed by atoms with Gasteiger partial charge in [0.1, 0.15) is 42.7 Å². The molecule has 176 valence electrons. The molecule has 1 aliphatic heterocycles. The number of hydrogen-bond acceptors (Lipinski definition) is 12. The zero-order chi connectivity index (χ0) is 23.4. The van der Waals surface area contributed by atoms with Gasteiger partial charge in [0.15, 0.2) is 11.9 Å². The lowest BCUT2D eigenvalue weighted by Gasteiger charge is -2.43. The second-order valence-corrected chi connectivity index (χ2v) is 7.83. The molecule has 1 fully saturated rings. The molecule has 30 heavy (non-hydrogen) atoms. The third-order valence-corrected chi connectivity index (χ3v) is 4.85. The van der Waals surface area contributed by atoms with E-state index in [1.807, 2.05) is 0 Å². The maximum absolute atomic E-state index is 12.9. The van der Waals surface area contributed by atoms with E-state index in [0.29, 0.717) is 0 Å². The van der Waals surface area contributed by atoms with Gasteiger partial charge in [0.2, 0.25) is 5.91 Å². The lowest BCUT2D eigenvalue weighted by atomic mass is 9.87. The maximum atomic E-state index is 12.9. The Bertz CT molecular complexity index is 642. The molecule has 1 unspecified atom stereocenters. The van der Waals surface area contributed by atoms with E-state index in [-0.39, 0.29) is 0 Å².